The van der Waals surface area contributed by atoms with E-state index in [-0.39, 0.29) is 21.7 Å². The van der Waals surface area contributed by atoms with Crippen molar-refractivity contribution in [3.8, 4) is 0 Å². The predicted molar refractivity (Wildman–Crippen MR) is 132 cm³/mol. The molecule has 0 aliphatic heterocycles. The number of pyridine rings is 1. The summed E-state index contributed by atoms with van der Waals surface area (Å²) in [6.07, 6.45) is 6.22. The molecule has 0 saturated carbocycles. The molecule has 0 saturated heterocycles. The molecule has 1 heterocycles. The van der Waals surface area contributed by atoms with E-state index in [9.17, 15) is 0 Å². The van der Waals surface area contributed by atoms with Crippen LogP contribution in [0.25, 0.3) is 0 Å². The Morgan fingerprint density at radius 3 is 1.60 bits per heavy atom. The monoisotopic (exact) mass is 407 g/mol. The van der Waals surface area contributed by atoms with Crippen molar-refractivity contribution in [2.45, 2.75) is 93.9 Å². The Kier molecular flexibility index (Phi) is 7.27. The van der Waals surface area contributed by atoms with Crippen LogP contribution in [-0.2, 0) is 0 Å². The lowest BCUT2D eigenvalue weighted by atomic mass is 9.53. The Labute approximate surface area is 186 Å². The highest BCUT2D eigenvalue weighted by molar-refractivity contribution is 5.25. The summed E-state index contributed by atoms with van der Waals surface area (Å²) >= 11 is 0. The normalized spacial score (nSPS) is 15.7. The highest BCUT2D eigenvalue weighted by atomic mass is 14.6. The van der Waals surface area contributed by atoms with Gasteiger partial charge in [-0.2, -0.15) is 0 Å². The zero-order valence-corrected chi connectivity index (χ0v) is 21.2. The van der Waals surface area contributed by atoms with E-state index in [1.165, 1.54) is 17.5 Å². The molecule has 0 N–H and O–H groups in total. The first kappa shape index (κ1) is 24.6. The average Bonchev–Trinajstić information content (AvgIpc) is 2.64. The van der Waals surface area contributed by atoms with Crippen LogP contribution in [0.5, 0.6) is 0 Å². The van der Waals surface area contributed by atoms with Crippen molar-refractivity contribution in [3.05, 3.63) is 66.0 Å². The molecule has 166 valence electrons. The summed E-state index contributed by atoms with van der Waals surface area (Å²) in [4.78, 5) is 4.26. The number of hydrogen-bond acceptors (Lipinski definition) is 1. The van der Waals surface area contributed by atoms with Gasteiger partial charge in [0, 0.05) is 12.4 Å². The quantitative estimate of drug-likeness (QED) is 0.446. The second kappa shape index (κ2) is 8.85. The molecule has 1 aromatic heterocycles. The van der Waals surface area contributed by atoms with E-state index in [0.29, 0.717) is 11.8 Å². The van der Waals surface area contributed by atoms with Gasteiger partial charge in [0.05, 0.1) is 0 Å². The lowest BCUT2D eigenvalue weighted by Gasteiger charge is -2.51. The van der Waals surface area contributed by atoms with E-state index in [1.54, 1.807) is 0 Å². The van der Waals surface area contributed by atoms with Crippen molar-refractivity contribution in [1.82, 2.24) is 4.98 Å². The number of rotatable bonds is 7. The van der Waals surface area contributed by atoms with Crippen molar-refractivity contribution in [2.24, 2.45) is 21.7 Å². The van der Waals surface area contributed by atoms with Crippen molar-refractivity contribution < 1.29 is 0 Å². The zero-order valence-electron chi connectivity index (χ0n) is 21.2. The van der Waals surface area contributed by atoms with Gasteiger partial charge in [0.25, 0.3) is 0 Å². The molecule has 2 aromatic rings. The lowest BCUT2D eigenvalue weighted by Crippen LogP contribution is -2.41. The summed E-state index contributed by atoms with van der Waals surface area (Å²) in [5, 5.41) is 0. The molecule has 0 aliphatic carbocycles. The van der Waals surface area contributed by atoms with E-state index < -0.39 is 0 Å². The van der Waals surface area contributed by atoms with E-state index >= 15 is 0 Å². The smallest absolute Gasteiger partial charge is 0.0270 e. The zero-order chi connectivity index (χ0) is 22.8. The highest BCUT2D eigenvalue weighted by Gasteiger charge is 2.47. The van der Waals surface area contributed by atoms with Crippen LogP contribution in [0.15, 0.2) is 54.9 Å². The van der Waals surface area contributed by atoms with E-state index in [1.807, 2.05) is 12.4 Å². The van der Waals surface area contributed by atoms with Gasteiger partial charge in [0.15, 0.2) is 0 Å². The molecule has 30 heavy (non-hydrogen) atoms. The SMILES string of the molecule is CC(C)(C)CC(c1ccccc1)C(C)(C)C(C)(C)CC(c1ccncc1)C(C)(C)C. The maximum Gasteiger partial charge on any atom is 0.0270 e. The third-order valence-electron chi connectivity index (χ3n) is 7.50. The third-order valence-corrected chi connectivity index (χ3v) is 7.50. The van der Waals surface area contributed by atoms with Crippen LogP contribution in [0.2, 0.25) is 0 Å². The molecule has 2 atom stereocenters. The summed E-state index contributed by atoms with van der Waals surface area (Å²) in [6, 6.07) is 15.6. The van der Waals surface area contributed by atoms with Crippen LogP contribution in [0.4, 0.5) is 0 Å². The minimum absolute atomic E-state index is 0.137. The van der Waals surface area contributed by atoms with Gasteiger partial charge in [0.1, 0.15) is 0 Å². The van der Waals surface area contributed by atoms with Crippen LogP contribution in [0.3, 0.4) is 0 Å². The predicted octanol–water partition coefficient (Wildman–Crippen LogP) is 8.87. The molecule has 0 radical (unpaired) electrons. The Balaban J connectivity index is 2.47. The van der Waals surface area contributed by atoms with Gasteiger partial charge >= 0.3 is 0 Å². The van der Waals surface area contributed by atoms with Crippen molar-refractivity contribution in [2.75, 3.05) is 0 Å². The second-order valence-corrected chi connectivity index (χ2v) is 12.7. The van der Waals surface area contributed by atoms with E-state index in [2.05, 4.69) is 117 Å². The highest BCUT2D eigenvalue weighted by Crippen LogP contribution is 2.57. The number of nitrogens with zero attached hydrogens (tertiary/aromatic N) is 1. The van der Waals surface area contributed by atoms with Gasteiger partial charge in [0.2, 0.25) is 0 Å². The fraction of sp³-hybridized carbons (Fsp3) is 0.621. The van der Waals surface area contributed by atoms with Crippen LogP contribution in [0, 0.1) is 21.7 Å². The first-order valence-corrected chi connectivity index (χ1v) is 11.6. The molecule has 1 nitrogen and oxygen atoms in total. The Morgan fingerprint density at radius 2 is 1.13 bits per heavy atom. The van der Waals surface area contributed by atoms with E-state index in [0.717, 1.165) is 6.42 Å². The van der Waals surface area contributed by atoms with Crippen LogP contribution >= 0.6 is 0 Å². The van der Waals surface area contributed by atoms with Crippen molar-refractivity contribution >= 4 is 0 Å². The third kappa shape index (κ3) is 5.96. The maximum atomic E-state index is 4.26. The van der Waals surface area contributed by atoms with Crippen LogP contribution in [-0.4, -0.2) is 4.98 Å². The minimum atomic E-state index is 0.137. The summed E-state index contributed by atoms with van der Waals surface area (Å²) in [6.45, 7) is 24.3. The molecular formula is C29H45N. The first-order chi connectivity index (χ1) is 13.7. The molecular weight excluding hydrogens is 362 g/mol. The molecule has 0 amide bonds. The second-order valence-electron chi connectivity index (χ2n) is 12.7. The van der Waals surface area contributed by atoms with Gasteiger partial charge in [-0.15, -0.1) is 0 Å². The lowest BCUT2D eigenvalue weighted by molar-refractivity contribution is 0.0305. The fourth-order valence-electron chi connectivity index (χ4n) is 4.85. The van der Waals surface area contributed by atoms with Gasteiger partial charge in [-0.05, 0) is 69.6 Å². The minimum Gasteiger partial charge on any atom is -0.265 e. The Bertz CT molecular complexity index is 773. The number of aromatic nitrogens is 1. The molecule has 1 aromatic carbocycles. The van der Waals surface area contributed by atoms with Gasteiger partial charge in [-0.25, -0.2) is 0 Å². The Morgan fingerprint density at radius 1 is 0.633 bits per heavy atom. The van der Waals surface area contributed by atoms with Crippen LogP contribution < -0.4 is 0 Å². The fourth-order valence-corrected chi connectivity index (χ4v) is 4.85. The van der Waals surface area contributed by atoms with Crippen molar-refractivity contribution in [3.63, 3.8) is 0 Å². The molecule has 2 rings (SSSR count). The molecule has 0 aliphatic rings. The number of benzene rings is 1. The standard InChI is InChI=1S/C29H45N/c1-26(2,3)20-25(22-14-12-11-13-15-22)29(9,10)28(7,8)21-24(27(4,5)6)23-16-18-30-19-17-23/h11-19,24-25H,20-21H2,1-10H3. The molecule has 0 bridgehead atoms. The van der Waals surface area contributed by atoms with Crippen LogP contribution in [0.1, 0.15) is 105 Å². The Hall–Kier alpha value is -1.63. The molecule has 0 fully saturated rings. The van der Waals surface area contributed by atoms with Gasteiger partial charge < -0.3 is 0 Å². The summed E-state index contributed by atoms with van der Waals surface area (Å²) in [7, 11) is 0. The van der Waals surface area contributed by atoms with Gasteiger partial charge in [-0.1, -0.05) is 99.6 Å². The summed E-state index contributed by atoms with van der Waals surface area (Å²) in [5.41, 5.74) is 3.65. The summed E-state index contributed by atoms with van der Waals surface area (Å²) in [5.74, 6) is 0.993. The largest absolute Gasteiger partial charge is 0.265 e. The number of hydrogen-bond donors (Lipinski definition) is 0. The summed E-state index contributed by atoms with van der Waals surface area (Å²) < 4.78 is 0. The maximum absolute atomic E-state index is 4.26. The van der Waals surface area contributed by atoms with Crippen molar-refractivity contribution in [1.29, 1.82) is 0 Å². The first-order valence-electron chi connectivity index (χ1n) is 11.6. The molecule has 1 heteroatoms. The van der Waals surface area contributed by atoms with E-state index in [4.69, 9.17) is 0 Å². The topological polar surface area (TPSA) is 12.9 Å². The average molecular weight is 408 g/mol. The molecule has 2 unspecified atom stereocenters. The van der Waals surface area contributed by atoms with Gasteiger partial charge in [-0.3, -0.25) is 4.98 Å². The molecule has 0 spiro atoms.